The highest BCUT2D eigenvalue weighted by molar-refractivity contribution is 8.01. The number of ether oxygens (including phenoxy) is 1. The fraction of sp³-hybridized carbons (Fsp3) is 0.400. The lowest BCUT2D eigenvalue weighted by atomic mass is 10.2. The molecular formula is C15H25N3O2S2. The zero-order valence-electron chi connectivity index (χ0n) is 13.9. The molecule has 0 saturated carbocycles. The van der Waals surface area contributed by atoms with Crippen LogP contribution in [0.15, 0.2) is 39.9 Å². The van der Waals surface area contributed by atoms with Gasteiger partial charge in [0.05, 0.1) is 7.11 Å². The number of nitrogens with one attached hydrogen (secondary N) is 1. The highest BCUT2D eigenvalue weighted by Gasteiger charge is 2.21. The van der Waals surface area contributed by atoms with Gasteiger partial charge in [-0.1, -0.05) is 19.9 Å². The van der Waals surface area contributed by atoms with Gasteiger partial charge in [0.25, 0.3) is 5.91 Å². The predicted octanol–water partition coefficient (Wildman–Crippen LogP) is 3.31. The Kier molecular flexibility index (Phi) is 14.8. The van der Waals surface area contributed by atoms with Crippen LogP contribution in [0.4, 0.5) is 0 Å². The molecule has 0 aliphatic rings. The van der Waals surface area contributed by atoms with Crippen molar-refractivity contribution in [1.29, 1.82) is 0 Å². The Labute approximate surface area is 143 Å². The first kappa shape index (κ1) is 22.7. The molecule has 0 aliphatic carbocycles. The number of nitrogens with zero attached hydrogens (tertiary/aromatic N) is 2. The van der Waals surface area contributed by atoms with E-state index >= 15 is 0 Å². The summed E-state index contributed by atoms with van der Waals surface area (Å²) in [5.74, 6) is -0.154. The zero-order valence-corrected chi connectivity index (χ0v) is 15.5. The second kappa shape index (κ2) is 14.3. The van der Waals surface area contributed by atoms with E-state index in [0.717, 1.165) is 5.57 Å². The molecule has 124 valence electrons. The van der Waals surface area contributed by atoms with E-state index in [1.165, 1.54) is 24.0 Å². The van der Waals surface area contributed by atoms with Crippen LogP contribution in [0.2, 0.25) is 0 Å². The first-order chi connectivity index (χ1) is 10.5. The van der Waals surface area contributed by atoms with Crippen molar-refractivity contribution < 1.29 is 9.53 Å². The summed E-state index contributed by atoms with van der Waals surface area (Å²) in [4.78, 5) is 13.7. The molecule has 0 rings (SSSR count). The number of rotatable bonds is 7. The molecule has 0 unspecified atom stereocenters. The minimum Gasteiger partial charge on any atom is -0.491 e. The SMILES string of the molecule is C=CCN(C(=O)/C(=C/C(C)=C/SN=C)OC)C(=S)NC.CC. The first-order valence-corrected chi connectivity index (χ1v) is 7.95. The van der Waals surface area contributed by atoms with Gasteiger partial charge >= 0.3 is 0 Å². The Bertz CT molecular complexity index is 446. The number of allylic oxidation sites excluding steroid dienone is 2. The third kappa shape index (κ3) is 8.63. The Morgan fingerprint density at radius 1 is 1.50 bits per heavy atom. The number of hydrogen-bond donors (Lipinski definition) is 1. The number of amides is 1. The normalized spacial score (nSPS) is 10.8. The smallest absolute Gasteiger partial charge is 0.295 e. The van der Waals surface area contributed by atoms with Gasteiger partial charge in [-0.3, -0.25) is 9.69 Å². The topological polar surface area (TPSA) is 53.9 Å². The Morgan fingerprint density at radius 3 is 2.50 bits per heavy atom. The molecule has 0 fully saturated rings. The number of hydrogen-bond acceptors (Lipinski definition) is 5. The monoisotopic (exact) mass is 343 g/mol. The van der Waals surface area contributed by atoms with E-state index in [-0.39, 0.29) is 11.7 Å². The van der Waals surface area contributed by atoms with E-state index in [4.69, 9.17) is 17.0 Å². The van der Waals surface area contributed by atoms with Crippen molar-refractivity contribution in [2.45, 2.75) is 20.8 Å². The molecule has 1 amide bonds. The number of thiocarbonyl (C=S) groups is 1. The fourth-order valence-corrected chi connectivity index (χ4v) is 1.69. The third-order valence-corrected chi connectivity index (χ3v) is 3.17. The van der Waals surface area contributed by atoms with Crippen LogP contribution in [0.25, 0.3) is 0 Å². The van der Waals surface area contributed by atoms with Crippen molar-refractivity contribution in [3.63, 3.8) is 0 Å². The lowest BCUT2D eigenvalue weighted by Gasteiger charge is -2.22. The maximum atomic E-state index is 12.4. The number of carbonyl (C=O) groups is 1. The van der Waals surface area contributed by atoms with Crippen LogP contribution in [0, 0.1) is 0 Å². The maximum Gasteiger partial charge on any atom is 0.295 e. The van der Waals surface area contributed by atoms with Gasteiger partial charge in [0, 0.05) is 25.5 Å². The molecule has 0 aliphatic heterocycles. The van der Waals surface area contributed by atoms with Crippen LogP contribution in [0.5, 0.6) is 0 Å². The average molecular weight is 344 g/mol. The Hall–Kier alpha value is -1.60. The van der Waals surface area contributed by atoms with Crippen LogP contribution in [0.3, 0.4) is 0 Å². The van der Waals surface area contributed by atoms with Crippen LogP contribution in [0.1, 0.15) is 20.8 Å². The highest BCUT2D eigenvalue weighted by atomic mass is 32.2. The summed E-state index contributed by atoms with van der Waals surface area (Å²) in [6, 6.07) is 0. The molecule has 0 radical (unpaired) electrons. The lowest BCUT2D eigenvalue weighted by Crippen LogP contribution is -2.43. The van der Waals surface area contributed by atoms with Crippen molar-refractivity contribution >= 4 is 41.9 Å². The van der Waals surface area contributed by atoms with E-state index in [1.807, 2.05) is 20.8 Å². The predicted molar refractivity (Wildman–Crippen MR) is 101 cm³/mol. The minimum atomic E-state index is -0.337. The quantitative estimate of drug-likeness (QED) is 0.146. The average Bonchev–Trinajstić information content (AvgIpc) is 2.56. The van der Waals surface area contributed by atoms with Crippen molar-refractivity contribution in [3.05, 3.63) is 35.5 Å². The van der Waals surface area contributed by atoms with Gasteiger partial charge in [-0.15, -0.1) is 6.58 Å². The van der Waals surface area contributed by atoms with E-state index in [0.29, 0.717) is 11.7 Å². The summed E-state index contributed by atoms with van der Waals surface area (Å²) in [6.45, 7) is 13.1. The van der Waals surface area contributed by atoms with Crippen LogP contribution in [-0.2, 0) is 9.53 Å². The summed E-state index contributed by atoms with van der Waals surface area (Å²) in [5.41, 5.74) is 0.821. The van der Waals surface area contributed by atoms with Gasteiger partial charge in [-0.25, -0.2) is 4.40 Å². The van der Waals surface area contributed by atoms with Crippen molar-refractivity contribution in [2.75, 3.05) is 20.7 Å². The minimum absolute atomic E-state index is 0.183. The molecule has 5 nitrogen and oxygen atoms in total. The molecule has 0 saturated heterocycles. The van der Waals surface area contributed by atoms with Crippen molar-refractivity contribution in [2.24, 2.45) is 4.40 Å². The van der Waals surface area contributed by atoms with Gasteiger partial charge in [0.2, 0.25) is 0 Å². The summed E-state index contributed by atoms with van der Waals surface area (Å²) in [7, 11) is 3.09. The lowest BCUT2D eigenvalue weighted by molar-refractivity contribution is -0.126. The summed E-state index contributed by atoms with van der Waals surface area (Å²) in [5, 5.41) is 4.83. The second-order valence-electron chi connectivity index (χ2n) is 3.57. The number of carbonyl (C=O) groups excluding carboxylic acids is 1. The molecular weight excluding hydrogens is 318 g/mol. The molecule has 0 bridgehead atoms. The van der Waals surface area contributed by atoms with E-state index in [1.54, 1.807) is 24.6 Å². The molecule has 7 heteroatoms. The molecule has 0 atom stereocenters. The molecule has 0 aromatic carbocycles. The fourth-order valence-electron chi connectivity index (χ4n) is 1.22. The first-order valence-electron chi connectivity index (χ1n) is 6.70. The van der Waals surface area contributed by atoms with E-state index < -0.39 is 0 Å². The molecule has 1 N–H and O–H groups in total. The van der Waals surface area contributed by atoms with Crippen LogP contribution < -0.4 is 5.32 Å². The summed E-state index contributed by atoms with van der Waals surface area (Å²) >= 11 is 6.27. The molecule has 0 spiro atoms. The largest absolute Gasteiger partial charge is 0.491 e. The van der Waals surface area contributed by atoms with Crippen molar-refractivity contribution in [3.8, 4) is 0 Å². The van der Waals surface area contributed by atoms with Gasteiger partial charge < -0.3 is 10.1 Å². The third-order valence-electron chi connectivity index (χ3n) is 2.12. The second-order valence-corrected chi connectivity index (χ2v) is 4.66. The van der Waals surface area contributed by atoms with E-state index in [2.05, 4.69) is 23.0 Å². The molecule has 0 heterocycles. The van der Waals surface area contributed by atoms with Crippen LogP contribution >= 0.6 is 24.2 Å². The van der Waals surface area contributed by atoms with Gasteiger partial charge in [-0.05, 0) is 42.9 Å². The molecule has 0 aromatic heterocycles. The standard InChI is InChI=1S/C13H19N3O2S2.C2H6/c1-6-7-16(13(19)14-3)12(17)11(18-5)8-10(2)9-20-15-4;1-2/h6,8-9H,1,4,7H2,2-3,5H3,(H,14,19);1-2H3/b10-9+,11-8-;. The van der Waals surface area contributed by atoms with E-state index in [9.17, 15) is 4.79 Å². The Balaban J connectivity index is 0. The van der Waals surface area contributed by atoms with Crippen molar-refractivity contribution in [1.82, 2.24) is 10.2 Å². The highest BCUT2D eigenvalue weighted by Crippen LogP contribution is 2.12. The van der Waals surface area contributed by atoms with Crippen LogP contribution in [-0.4, -0.2) is 43.3 Å². The maximum absolute atomic E-state index is 12.4. The summed E-state index contributed by atoms with van der Waals surface area (Å²) in [6.07, 6.45) is 3.21. The zero-order chi connectivity index (χ0) is 17.5. The number of methoxy groups -OCH3 is 1. The summed E-state index contributed by atoms with van der Waals surface area (Å²) < 4.78 is 8.78. The van der Waals surface area contributed by atoms with Gasteiger partial charge in [0.15, 0.2) is 10.9 Å². The van der Waals surface area contributed by atoms with Gasteiger partial charge in [0.1, 0.15) is 0 Å². The Morgan fingerprint density at radius 2 is 2.09 bits per heavy atom. The molecule has 0 aromatic rings. The van der Waals surface area contributed by atoms with Gasteiger partial charge in [-0.2, -0.15) is 0 Å². The molecule has 22 heavy (non-hydrogen) atoms.